The predicted octanol–water partition coefficient (Wildman–Crippen LogP) is 7.59. The van der Waals surface area contributed by atoms with Crippen molar-refractivity contribution in [1.82, 2.24) is 30.5 Å². The van der Waals surface area contributed by atoms with Crippen LogP contribution in [0.2, 0.25) is 0 Å². The van der Waals surface area contributed by atoms with Crippen molar-refractivity contribution in [2.75, 3.05) is 0 Å². The fraction of sp³-hybridized carbons (Fsp3) is 0.0526. The number of rotatable bonds is 6. The molecule has 0 saturated heterocycles. The van der Waals surface area contributed by atoms with Crippen molar-refractivity contribution in [2.24, 2.45) is 5.73 Å². The molecule has 0 fully saturated rings. The summed E-state index contributed by atoms with van der Waals surface area (Å²) >= 11 is 0. The van der Waals surface area contributed by atoms with Crippen LogP contribution in [0.4, 0.5) is 0 Å². The zero-order valence-corrected chi connectivity index (χ0v) is 25.1. The molecule has 0 spiro atoms. The van der Waals surface area contributed by atoms with E-state index in [9.17, 15) is 10.1 Å². The Morgan fingerprint density at radius 2 is 1.25 bits per heavy atom. The Hall–Kier alpha value is -6.86. The average molecular weight is 631 g/mol. The summed E-state index contributed by atoms with van der Waals surface area (Å²) in [4.78, 5) is 16.3. The molecule has 7 aromatic rings. The number of aryl methyl sites for hydroxylation is 1. The maximum Gasteiger partial charge on any atom is 0.260 e. The zero-order chi connectivity index (χ0) is 32.6. The van der Waals surface area contributed by atoms with Gasteiger partial charge in [0.2, 0.25) is 0 Å². The van der Waals surface area contributed by atoms with Crippen molar-refractivity contribution in [3.8, 4) is 62.3 Å². The van der Waals surface area contributed by atoms with Crippen molar-refractivity contribution < 1.29 is 9.32 Å². The van der Waals surface area contributed by atoms with Crippen LogP contribution in [0.25, 0.3) is 56.2 Å². The molecule has 48 heavy (non-hydrogen) atoms. The van der Waals surface area contributed by atoms with Crippen LogP contribution in [0.5, 0.6) is 0 Å². The van der Waals surface area contributed by atoms with Crippen molar-refractivity contribution in [3.63, 3.8) is 0 Å². The van der Waals surface area contributed by atoms with E-state index in [-0.39, 0.29) is 7.43 Å². The molecule has 2 N–H and O–H groups in total. The van der Waals surface area contributed by atoms with Crippen LogP contribution in [0, 0.1) is 18.3 Å². The molecule has 10 nitrogen and oxygen atoms in total. The molecule has 234 valence electrons. The number of nitriles is 1. The number of carbonyl (C=O) groups excluding carboxylic acids is 1. The quantitative estimate of drug-likeness (QED) is 0.195. The van der Waals surface area contributed by atoms with Gasteiger partial charge in [-0.15, -0.1) is 10.2 Å². The average Bonchev–Trinajstić information content (AvgIpc) is 3.58. The molecule has 0 saturated carbocycles. The second kappa shape index (κ2) is 14.9. The van der Waals surface area contributed by atoms with Gasteiger partial charge in [-0.2, -0.15) is 20.4 Å². The fourth-order valence-corrected chi connectivity index (χ4v) is 5.05. The summed E-state index contributed by atoms with van der Waals surface area (Å²) in [6, 6.07) is 38.2. The minimum atomic E-state index is -0.511. The number of primary amides is 1. The van der Waals surface area contributed by atoms with Gasteiger partial charge in [0.25, 0.3) is 11.8 Å². The number of amides is 1. The van der Waals surface area contributed by atoms with Gasteiger partial charge in [0.1, 0.15) is 11.4 Å². The Morgan fingerprint density at radius 3 is 1.81 bits per heavy atom. The molecule has 3 aromatic heterocycles. The van der Waals surface area contributed by atoms with E-state index in [2.05, 4.69) is 36.6 Å². The van der Waals surface area contributed by atoms with E-state index < -0.39 is 5.91 Å². The van der Waals surface area contributed by atoms with Gasteiger partial charge < -0.3 is 10.3 Å². The lowest BCUT2D eigenvalue weighted by Crippen LogP contribution is -2.15. The summed E-state index contributed by atoms with van der Waals surface area (Å²) in [6.07, 6.45) is 3.22. The van der Waals surface area contributed by atoms with Crippen molar-refractivity contribution in [3.05, 3.63) is 145 Å². The highest BCUT2D eigenvalue weighted by molar-refractivity contribution is 6.04. The lowest BCUT2D eigenvalue weighted by molar-refractivity contribution is 0.100. The third-order valence-electron chi connectivity index (χ3n) is 7.17. The molecule has 3 heterocycles. The van der Waals surface area contributed by atoms with Crippen LogP contribution in [-0.2, 0) is 0 Å². The summed E-state index contributed by atoms with van der Waals surface area (Å²) in [6.45, 7) is 1.76. The molecule has 1 amide bonds. The monoisotopic (exact) mass is 630 g/mol. The number of nitrogens with two attached hydrogens (primary N) is 1. The molecule has 0 aliphatic rings. The highest BCUT2D eigenvalue weighted by Crippen LogP contribution is 2.37. The Kier molecular flexibility index (Phi) is 10.1. The van der Waals surface area contributed by atoms with Crippen LogP contribution in [-0.4, -0.2) is 36.4 Å². The van der Waals surface area contributed by atoms with Gasteiger partial charge in [-0.25, -0.2) is 0 Å². The zero-order valence-electron chi connectivity index (χ0n) is 25.1. The Morgan fingerprint density at radius 1 is 0.708 bits per heavy atom. The lowest BCUT2D eigenvalue weighted by Gasteiger charge is -2.11. The van der Waals surface area contributed by atoms with Crippen LogP contribution < -0.4 is 5.73 Å². The normalized spacial score (nSPS) is 10.2. The van der Waals surface area contributed by atoms with Gasteiger partial charge in [0.15, 0.2) is 5.82 Å². The van der Waals surface area contributed by atoms with E-state index >= 15 is 0 Å². The molecule has 4 aromatic carbocycles. The summed E-state index contributed by atoms with van der Waals surface area (Å²) in [5.41, 5.74) is 13.3. The maximum atomic E-state index is 11.9. The van der Waals surface area contributed by atoms with Crippen LogP contribution in [0.15, 0.2) is 132 Å². The van der Waals surface area contributed by atoms with Gasteiger partial charge in [-0.05, 0) is 30.2 Å². The van der Waals surface area contributed by atoms with Crippen molar-refractivity contribution in [2.45, 2.75) is 14.4 Å². The molecule has 0 unspecified atom stereocenters. The maximum absolute atomic E-state index is 11.9. The van der Waals surface area contributed by atoms with E-state index in [0.29, 0.717) is 45.4 Å². The fourth-order valence-electron chi connectivity index (χ4n) is 5.05. The molecule has 0 atom stereocenters. The van der Waals surface area contributed by atoms with Crippen molar-refractivity contribution >= 4 is 5.91 Å². The van der Waals surface area contributed by atoms with Gasteiger partial charge in [0.05, 0.1) is 35.2 Å². The summed E-state index contributed by atoms with van der Waals surface area (Å²) < 4.78 is 5.44. The molecule has 0 aliphatic heterocycles. The van der Waals surface area contributed by atoms with E-state index in [1.165, 1.54) is 0 Å². The van der Waals surface area contributed by atoms with E-state index in [1.54, 1.807) is 31.5 Å². The van der Waals surface area contributed by atoms with E-state index in [0.717, 1.165) is 27.8 Å². The SMILES string of the molecule is C.Cc1noc(-c2c(-c3cccc(C#N)c3)cnnc2-c2ccccc2)n1.NC(=O)c1c(-c2ccccc2)cnnc1-c1ccccc1. The van der Waals surface area contributed by atoms with Gasteiger partial charge in [0, 0.05) is 22.3 Å². The lowest BCUT2D eigenvalue weighted by atomic mass is 9.96. The highest BCUT2D eigenvalue weighted by atomic mass is 16.5. The molecular weight excluding hydrogens is 600 g/mol. The highest BCUT2D eigenvalue weighted by Gasteiger charge is 2.21. The number of carbonyl (C=O) groups is 1. The van der Waals surface area contributed by atoms with Gasteiger partial charge in [-0.3, -0.25) is 4.79 Å². The Labute approximate surface area is 277 Å². The molecule has 0 aliphatic carbocycles. The second-order valence-electron chi connectivity index (χ2n) is 10.3. The molecule has 0 radical (unpaired) electrons. The van der Waals surface area contributed by atoms with E-state index in [4.69, 9.17) is 10.3 Å². The van der Waals surface area contributed by atoms with Crippen LogP contribution in [0.3, 0.4) is 0 Å². The number of hydrogen-bond donors (Lipinski definition) is 1. The first-order valence-electron chi connectivity index (χ1n) is 14.5. The first-order valence-corrected chi connectivity index (χ1v) is 14.5. The summed E-state index contributed by atoms with van der Waals surface area (Å²) in [5, 5.41) is 29.7. The van der Waals surface area contributed by atoms with Crippen LogP contribution >= 0.6 is 0 Å². The molecule has 10 heteroatoms. The number of benzene rings is 4. The third-order valence-corrected chi connectivity index (χ3v) is 7.17. The van der Waals surface area contributed by atoms with Gasteiger partial charge in [-0.1, -0.05) is 116 Å². The Balaban J connectivity index is 0.000000188. The number of nitrogens with zero attached hydrogens (tertiary/aromatic N) is 7. The smallest absolute Gasteiger partial charge is 0.260 e. The Bertz CT molecular complexity index is 2140. The molecular formula is C38H30N8O2. The first-order chi connectivity index (χ1) is 23.0. The van der Waals surface area contributed by atoms with Crippen molar-refractivity contribution in [1.29, 1.82) is 5.26 Å². The minimum Gasteiger partial charge on any atom is -0.366 e. The van der Waals surface area contributed by atoms with Gasteiger partial charge >= 0.3 is 0 Å². The topological polar surface area (TPSA) is 157 Å². The number of hydrogen-bond acceptors (Lipinski definition) is 9. The predicted molar refractivity (Wildman–Crippen MR) is 184 cm³/mol. The molecule has 0 bridgehead atoms. The minimum absolute atomic E-state index is 0. The molecule has 7 rings (SSSR count). The largest absolute Gasteiger partial charge is 0.366 e. The summed E-state index contributed by atoms with van der Waals surface area (Å²) in [7, 11) is 0. The summed E-state index contributed by atoms with van der Waals surface area (Å²) in [5.74, 6) is 0.392. The number of aromatic nitrogens is 6. The second-order valence-corrected chi connectivity index (χ2v) is 10.3. The standard InChI is InChI=1S/C20H13N5O.C17H13N3O.CH4/c1-13-23-20(26-25-13)18-17(16-9-5-6-14(10-16)11-21)12-22-24-19(18)15-7-3-2-4-8-15;18-17(21)15-14(12-7-3-1-4-8-12)11-19-20-16(15)13-9-5-2-6-10-13;/h2-10,12H,1H3;1-11H,(H2,18,21);1H4. The van der Waals surface area contributed by atoms with E-state index in [1.807, 2.05) is 103 Å². The third kappa shape index (κ3) is 7.01. The first kappa shape index (κ1) is 32.5. The van der Waals surface area contributed by atoms with Crippen LogP contribution in [0.1, 0.15) is 29.2 Å².